The van der Waals surface area contributed by atoms with E-state index in [2.05, 4.69) is 42.8 Å². The highest BCUT2D eigenvalue weighted by Gasteiger charge is 2.44. The fourth-order valence-electron chi connectivity index (χ4n) is 3.71. The molecule has 3 aromatic rings. The van der Waals surface area contributed by atoms with Crippen molar-refractivity contribution in [1.29, 1.82) is 0 Å². The zero-order chi connectivity index (χ0) is 19.2. The number of benzene rings is 2. The molecular formula is C22H24N4O. The molecule has 0 spiro atoms. The fourth-order valence-corrected chi connectivity index (χ4v) is 3.71. The van der Waals surface area contributed by atoms with Gasteiger partial charge in [0.15, 0.2) is 17.8 Å². The van der Waals surface area contributed by atoms with Crippen LogP contribution in [0.2, 0.25) is 0 Å². The Balaban J connectivity index is 1.94. The highest BCUT2D eigenvalue weighted by atomic mass is 16.1. The van der Waals surface area contributed by atoms with E-state index >= 15 is 0 Å². The molecule has 0 fully saturated rings. The third kappa shape index (κ3) is 2.89. The van der Waals surface area contributed by atoms with Gasteiger partial charge in [0.05, 0.1) is 5.69 Å². The highest BCUT2D eigenvalue weighted by Crippen LogP contribution is 2.42. The Morgan fingerprint density at radius 1 is 1.04 bits per heavy atom. The number of anilines is 1. The van der Waals surface area contributed by atoms with Gasteiger partial charge in [-0.25, -0.2) is 5.01 Å². The van der Waals surface area contributed by atoms with E-state index in [9.17, 15) is 4.79 Å². The molecule has 138 valence electrons. The fraction of sp³-hybridized carbons (Fsp3) is 0.273. The number of ketones is 1. The van der Waals surface area contributed by atoms with Crippen LogP contribution in [0.4, 0.5) is 5.69 Å². The van der Waals surface area contributed by atoms with Gasteiger partial charge >= 0.3 is 0 Å². The van der Waals surface area contributed by atoms with Crippen molar-refractivity contribution >= 4 is 28.2 Å². The molecule has 2 heterocycles. The molecule has 1 N–H and O–H groups in total. The summed E-state index contributed by atoms with van der Waals surface area (Å²) in [6.45, 7) is 7.92. The van der Waals surface area contributed by atoms with E-state index in [-0.39, 0.29) is 17.5 Å². The number of para-hydroxylation sites is 2. The second kappa shape index (κ2) is 6.27. The van der Waals surface area contributed by atoms with Crippen molar-refractivity contribution in [3.63, 3.8) is 0 Å². The average Bonchev–Trinajstić information content (AvgIpc) is 3.23. The summed E-state index contributed by atoms with van der Waals surface area (Å²) in [6.07, 6.45) is 1.82. The largest absolute Gasteiger partial charge is 0.361 e. The first-order chi connectivity index (χ1) is 12.9. The van der Waals surface area contributed by atoms with E-state index < -0.39 is 0 Å². The molecule has 1 aliphatic heterocycles. The summed E-state index contributed by atoms with van der Waals surface area (Å²) in [4.78, 5) is 17.9. The van der Waals surface area contributed by atoms with E-state index in [4.69, 9.17) is 5.10 Å². The number of hydrogen-bond donors (Lipinski definition) is 1. The lowest BCUT2D eigenvalue weighted by Gasteiger charge is -2.40. The number of nitrogens with zero attached hydrogens (tertiary/aromatic N) is 3. The normalized spacial score (nSPS) is 17.5. The molecule has 1 atom stereocenters. The van der Waals surface area contributed by atoms with Gasteiger partial charge in [0.1, 0.15) is 0 Å². The number of aromatic nitrogens is 1. The summed E-state index contributed by atoms with van der Waals surface area (Å²) in [5, 5.41) is 7.86. The Morgan fingerprint density at radius 2 is 1.70 bits per heavy atom. The number of hydrogen-bond acceptors (Lipinski definition) is 4. The van der Waals surface area contributed by atoms with Crippen molar-refractivity contribution in [1.82, 2.24) is 9.88 Å². The minimum Gasteiger partial charge on any atom is -0.361 e. The van der Waals surface area contributed by atoms with Crippen LogP contribution in [0.25, 0.3) is 10.9 Å². The second-order valence-corrected chi connectivity index (χ2v) is 7.86. The van der Waals surface area contributed by atoms with Crippen LogP contribution in [-0.4, -0.2) is 27.0 Å². The number of amidine groups is 1. The van der Waals surface area contributed by atoms with E-state index in [1.807, 2.05) is 53.7 Å². The maximum atomic E-state index is 12.5. The Bertz CT molecular complexity index is 1010. The number of Topliss-reactive ketones (excluding diaryl/α,β-unsaturated/α-hetero) is 1. The van der Waals surface area contributed by atoms with E-state index in [0.29, 0.717) is 5.84 Å². The van der Waals surface area contributed by atoms with Crippen LogP contribution in [0.1, 0.15) is 39.4 Å². The first kappa shape index (κ1) is 17.3. The molecule has 1 aromatic heterocycles. The molecule has 0 unspecified atom stereocenters. The van der Waals surface area contributed by atoms with Crippen LogP contribution in [0.5, 0.6) is 0 Å². The Morgan fingerprint density at radius 3 is 2.37 bits per heavy atom. The number of nitrogens with one attached hydrogen (secondary N) is 1. The van der Waals surface area contributed by atoms with Crippen molar-refractivity contribution in [2.45, 2.75) is 39.4 Å². The van der Waals surface area contributed by atoms with Crippen LogP contribution in [-0.2, 0) is 4.79 Å². The number of carbonyl (C=O) groups is 1. The summed E-state index contributed by atoms with van der Waals surface area (Å²) >= 11 is 0. The number of fused-ring (bicyclic) bond motifs is 1. The second-order valence-electron chi connectivity index (χ2n) is 7.86. The lowest BCUT2D eigenvalue weighted by molar-refractivity contribution is -0.112. The molecule has 2 aromatic carbocycles. The smallest absolute Gasteiger partial charge is 0.196 e. The predicted octanol–water partition coefficient (Wildman–Crippen LogP) is 4.69. The number of H-pyrrole nitrogens is 1. The third-order valence-electron chi connectivity index (χ3n) is 4.86. The molecule has 27 heavy (non-hydrogen) atoms. The summed E-state index contributed by atoms with van der Waals surface area (Å²) in [5.41, 5.74) is 2.85. The quantitative estimate of drug-likeness (QED) is 0.737. The lowest BCUT2D eigenvalue weighted by atomic mass is 10.0. The van der Waals surface area contributed by atoms with Gasteiger partial charge in [-0.15, -0.1) is 5.10 Å². The van der Waals surface area contributed by atoms with Gasteiger partial charge in [0, 0.05) is 35.1 Å². The molecule has 0 radical (unpaired) electrons. The molecule has 0 saturated heterocycles. The van der Waals surface area contributed by atoms with Crippen LogP contribution >= 0.6 is 0 Å². The number of rotatable bonds is 3. The zero-order valence-corrected chi connectivity index (χ0v) is 16.1. The Kier molecular flexibility index (Phi) is 4.02. The molecule has 0 saturated carbocycles. The van der Waals surface area contributed by atoms with Gasteiger partial charge in [0.2, 0.25) is 0 Å². The van der Waals surface area contributed by atoms with Gasteiger partial charge in [-0.3, -0.25) is 4.79 Å². The first-order valence-corrected chi connectivity index (χ1v) is 9.17. The molecule has 0 amide bonds. The molecule has 1 aliphatic rings. The van der Waals surface area contributed by atoms with Crippen molar-refractivity contribution in [3.8, 4) is 0 Å². The van der Waals surface area contributed by atoms with Crippen molar-refractivity contribution in [2.24, 2.45) is 5.10 Å². The standard InChI is InChI=1S/C22H24N4O/c1-15(27)20-24-26(16-10-6-5-7-11-16)21(25(20)22(2,3)4)18-14-23-19-13-9-8-12-17(18)19/h5-14,21,23H,1-4H3/t21-/m1/s1. The minimum atomic E-state index is -0.281. The Hall–Kier alpha value is -3.08. The van der Waals surface area contributed by atoms with Crippen molar-refractivity contribution < 1.29 is 4.79 Å². The molecule has 5 nitrogen and oxygen atoms in total. The summed E-state index contributed by atoms with van der Waals surface area (Å²) in [6, 6.07) is 18.2. The van der Waals surface area contributed by atoms with Gasteiger partial charge < -0.3 is 9.88 Å². The lowest BCUT2D eigenvalue weighted by Crippen LogP contribution is -2.49. The maximum absolute atomic E-state index is 12.5. The van der Waals surface area contributed by atoms with Crippen LogP contribution < -0.4 is 5.01 Å². The molecule has 5 heteroatoms. The molecule has 4 rings (SSSR count). The first-order valence-electron chi connectivity index (χ1n) is 9.17. The van der Waals surface area contributed by atoms with Gasteiger partial charge in [-0.1, -0.05) is 36.4 Å². The van der Waals surface area contributed by atoms with Gasteiger partial charge in [0.25, 0.3) is 0 Å². The third-order valence-corrected chi connectivity index (χ3v) is 4.86. The van der Waals surface area contributed by atoms with Crippen LogP contribution in [0.15, 0.2) is 65.9 Å². The van der Waals surface area contributed by atoms with Crippen molar-refractivity contribution in [2.75, 3.05) is 5.01 Å². The zero-order valence-electron chi connectivity index (χ0n) is 16.1. The summed E-state index contributed by atoms with van der Waals surface area (Å²) < 4.78 is 0. The summed E-state index contributed by atoms with van der Waals surface area (Å²) in [7, 11) is 0. The average molecular weight is 360 g/mol. The van der Waals surface area contributed by atoms with Crippen LogP contribution in [0, 0.1) is 0 Å². The molecular weight excluding hydrogens is 336 g/mol. The van der Waals surface area contributed by atoms with Crippen molar-refractivity contribution in [3.05, 3.63) is 66.4 Å². The molecule has 0 bridgehead atoms. The van der Waals surface area contributed by atoms with Gasteiger partial charge in [-0.05, 0) is 39.0 Å². The van der Waals surface area contributed by atoms with Crippen LogP contribution in [0.3, 0.4) is 0 Å². The summed E-state index contributed by atoms with van der Waals surface area (Å²) in [5.74, 6) is 0.454. The monoisotopic (exact) mass is 360 g/mol. The topological polar surface area (TPSA) is 51.7 Å². The number of aromatic amines is 1. The number of hydrazone groups is 1. The van der Waals surface area contributed by atoms with E-state index in [1.54, 1.807) is 6.92 Å². The van der Waals surface area contributed by atoms with Gasteiger partial charge in [-0.2, -0.15) is 0 Å². The maximum Gasteiger partial charge on any atom is 0.196 e. The SMILES string of the molecule is CC(=O)C1=NN(c2ccccc2)[C@H](c2c[nH]c3ccccc23)N1C(C)(C)C. The molecule has 0 aliphatic carbocycles. The minimum absolute atomic E-state index is 0.0341. The van der Waals surface area contributed by atoms with E-state index in [1.165, 1.54) is 0 Å². The number of carbonyl (C=O) groups excluding carboxylic acids is 1. The van der Waals surface area contributed by atoms with E-state index in [0.717, 1.165) is 22.2 Å². The predicted molar refractivity (Wildman–Crippen MR) is 110 cm³/mol. The Labute approximate surface area is 159 Å². The highest BCUT2D eigenvalue weighted by molar-refractivity contribution is 6.38.